The smallest absolute Gasteiger partial charge is 0.160 e. The predicted molar refractivity (Wildman–Crippen MR) is 86.4 cm³/mol. The van der Waals surface area contributed by atoms with Gasteiger partial charge in [0, 0.05) is 4.88 Å². The molecule has 1 aromatic carbocycles. The Morgan fingerprint density at radius 3 is 2.38 bits per heavy atom. The van der Waals surface area contributed by atoms with Crippen molar-refractivity contribution in [2.45, 2.75) is 32.7 Å². The minimum absolute atomic E-state index is 0.497. The van der Waals surface area contributed by atoms with Gasteiger partial charge in [0.2, 0.25) is 0 Å². The Morgan fingerprint density at radius 2 is 1.86 bits per heavy atom. The van der Waals surface area contributed by atoms with Crippen molar-refractivity contribution >= 4 is 11.3 Å². The molecule has 0 radical (unpaired) electrons. The topological polar surface area (TPSA) is 57.4 Å². The van der Waals surface area contributed by atoms with Crippen LogP contribution in [0.4, 0.5) is 0 Å². The molecular formula is C16H22N2O2S. The summed E-state index contributed by atoms with van der Waals surface area (Å²) in [5.41, 5.74) is 8.15. The molecule has 1 aromatic heterocycles. The van der Waals surface area contributed by atoms with Crippen LogP contribution in [-0.4, -0.2) is 19.2 Å². The summed E-state index contributed by atoms with van der Waals surface area (Å²) in [6.45, 7) is 6.10. The molecule has 0 aliphatic heterocycles. The molecule has 0 spiro atoms. The normalized spacial score (nSPS) is 13.8. The molecule has 1 heterocycles. The van der Waals surface area contributed by atoms with Gasteiger partial charge in [-0.2, -0.15) is 0 Å². The molecule has 0 saturated heterocycles. The third kappa shape index (κ3) is 3.36. The van der Waals surface area contributed by atoms with Gasteiger partial charge in [-0.15, -0.1) is 11.3 Å². The number of aromatic nitrogens is 1. The highest BCUT2D eigenvalue weighted by Gasteiger charge is 2.26. The van der Waals surface area contributed by atoms with E-state index >= 15 is 0 Å². The van der Waals surface area contributed by atoms with E-state index in [9.17, 15) is 0 Å². The standard InChI is InChI=1S/C16H22N2O2S/c1-10-11(2)21-15(18-10)16(3,17)9-12-6-7-13(19-4)14(8-12)20-5/h6-8H,9,17H2,1-5H3. The summed E-state index contributed by atoms with van der Waals surface area (Å²) in [6, 6.07) is 5.89. The number of rotatable bonds is 5. The van der Waals surface area contributed by atoms with E-state index in [-0.39, 0.29) is 0 Å². The Hall–Kier alpha value is -1.59. The molecule has 2 aromatic rings. The van der Waals surface area contributed by atoms with Crippen molar-refractivity contribution in [3.63, 3.8) is 0 Å². The number of hydrogen-bond acceptors (Lipinski definition) is 5. The number of nitrogens with two attached hydrogens (primary N) is 1. The van der Waals surface area contributed by atoms with Crippen LogP contribution in [0.5, 0.6) is 11.5 Å². The molecule has 2 rings (SSSR count). The van der Waals surface area contributed by atoms with Gasteiger partial charge in [0.05, 0.1) is 25.5 Å². The van der Waals surface area contributed by atoms with Crippen molar-refractivity contribution in [3.8, 4) is 11.5 Å². The fourth-order valence-electron chi connectivity index (χ4n) is 2.21. The maximum atomic E-state index is 6.49. The molecule has 1 unspecified atom stereocenters. The Morgan fingerprint density at radius 1 is 1.19 bits per heavy atom. The zero-order valence-electron chi connectivity index (χ0n) is 13.2. The van der Waals surface area contributed by atoms with Crippen molar-refractivity contribution < 1.29 is 9.47 Å². The van der Waals surface area contributed by atoms with E-state index in [0.29, 0.717) is 6.42 Å². The predicted octanol–water partition coefficient (Wildman–Crippen LogP) is 3.19. The van der Waals surface area contributed by atoms with Gasteiger partial charge in [-0.25, -0.2) is 4.98 Å². The Bertz CT molecular complexity index is 616. The van der Waals surface area contributed by atoms with Crippen molar-refractivity contribution in [2.75, 3.05) is 14.2 Å². The number of benzene rings is 1. The molecule has 2 N–H and O–H groups in total. The lowest BCUT2D eigenvalue weighted by Gasteiger charge is -2.22. The first kappa shape index (κ1) is 15.8. The maximum absolute atomic E-state index is 6.49. The van der Waals surface area contributed by atoms with Crippen LogP contribution >= 0.6 is 11.3 Å². The van der Waals surface area contributed by atoms with Crippen LogP contribution in [0.3, 0.4) is 0 Å². The molecule has 4 nitrogen and oxygen atoms in total. The molecule has 1 atom stereocenters. The third-order valence-corrected chi connectivity index (χ3v) is 4.89. The van der Waals surface area contributed by atoms with Gasteiger partial charge < -0.3 is 15.2 Å². The number of nitrogens with zero attached hydrogens (tertiary/aromatic N) is 1. The average Bonchev–Trinajstić information content (AvgIpc) is 2.79. The first-order valence-electron chi connectivity index (χ1n) is 6.81. The minimum Gasteiger partial charge on any atom is -0.493 e. The van der Waals surface area contributed by atoms with E-state index in [1.807, 2.05) is 32.0 Å². The van der Waals surface area contributed by atoms with Gasteiger partial charge in [0.1, 0.15) is 5.01 Å². The minimum atomic E-state index is -0.497. The Balaban J connectivity index is 2.27. The first-order chi connectivity index (χ1) is 9.87. The number of ether oxygens (including phenoxy) is 2. The largest absolute Gasteiger partial charge is 0.493 e. The van der Waals surface area contributed by atoms with E-state index in [0.717, 1.165) is 27.8 Å². The number of hydrogen-bond donors (Lipinski definition) is 1. The Labute approximate surface area is 129 Å². The monoisotopic (exact) mass is 306 g/mol. The first-order valence-corrected chi connectivity index (χ1v) is 7.63. The van der Waals surface area contributed by atoms with Crippen molar-refractivity contribution in [1.82, 2.24) is 4.98 Å². The van der Waals surface area contributed by atoms with E-state index in [2.05, 4.69) is 11.9 Å². The van der Waals surface area contributed by atoms with Gasteiger partial charge in [0.25, 0.3) is 0 Å². The molecule has 0 fully saturated rings. The van der Waals surface area contributed by atoms with E-state index in [1.165, 1.54) is 4.88 Å². The molecule has 0 aliphatic carbocycles. The van der Waals surface area contributed by atoms with Crippen LogP contribution in [0.25, 0.3) is 0 Å². The lowest BCUT2D eigenvalue weighted by molar-refractivity contribution is 0.354. The summed E-state index contributed by atoms with van der Waals surface area (Å²) in [5.74, 6) is 1.44. The third-order valence-electron chi connectivity index (χ3n) is 3.54. The number of thiazole rings is 1. The van der Waals surface area contributed by atoms with Crippen LogP contribution in [0.2, 0.25) is 0 Å². The van der Waals surface area contributed by atoms with Crippen LogP contribution in [-0.2, 0) is 12.0 Å². The fraction of sp³-hybridized carbons (Fsp3) is 0.438. The van der Waals surface area contributed by atoms with Gasteiger partial charge in [-0.1, -0.05) is 6.07 Å². The molecule has 0 amide bonds. The van der Waals surface area contributed by atoms with Crippen LogP contribution in [0.1, 0.15) is 28.1 Å². The van der Waals surface area contributed by atoms with E-state index < -0.39 is 5.54 Å². The molecule has 21 heavy (non-hydrogen) atoms. The molecule has 0 saturated carbocycles. The highest BCUT2D eigenvalue weighted by molar-refractivity contribution is 7.11. The van der Waals surface area contributed by atoms with Gasteiger partial charge >= 0.3 is 0 Å². The SMILES string of the molecule is COc1ccc(CC(C)(N)c2nc(C)c(C)s2)cc1OC. The van der Waals surface area contributed by atoms with Crippen molar-refractivity contribution in [2.24, 2.45) is 5.73 Å². The summed E-state index contributed by atoms with van der Waals surface area (Å²) in [7, 11) is 3.27. The Kier molecular flexibility index (Phi) is 4.54. The quantitative estimate of drug-likeness (QED) is 0.921. The molecule has 5 heteroatoms. The zero-order valence-corrected chi connectivity index (χ0v) is 14.0. The highest BCUT2D eigenvalue weighted by Crippen LogP contribution is 2.32. The molecule has 0 aliphatic rings. The van der Waals surface area contributed by atoms with Gasteiger partial charge in [0.15, 0.2) is 11.5 Å². The second-order valence-electron chi connectivity index (χ2n) is 5.44. The lowest BCUT2D eigenvalue weighted by atomic mass is 9.94. The number of aryl methyl sites for hydroxylation is 2. The van der Waals surface area contributed by atoms with Crippen LogP contribution < -0.4 is 15.2 Å². The molecule has 0 bridgehead atoms. The van der Waals surface area contributed by atoms with Crippen molar-refractivity contribution in [3.05, 3.63) is 39.3 Å². The van der Waals surface area contributed by atoms with E-state index in [4.69, 9.17) is 15.2 Å². The van der Waals surface area contributed by atoms with Gasteiger partial charge in [-0.05, 0) is 44.9 Å². The highest BCUT2D eigenvalue weighted by atomic mass is 32.1. The van der Waals surface area contributed by atoms with Crippen molar-refractivity contribution in [1.29, 1.82) is 0 Å². The lowest BCUT2D eigenvalue weighted by Crippen LogP contribution is -2.35. The summed E-state index contributed by atoms with van der Waals surface area (Å²) >= 11 is 1.67. The zero-order chi connectivity index (χ0) is 15.6. The van der Waals surface area contributed by atoms with Crippen LogP contribution in [0.15, 0.2) is 18.2 Å². The second-order valence-corrected chi connectivity index (χ2v) is 6.65. The maximum Gasteiger partial charge on any atom is 0.160 e. The summed E-state index contributed by atoms with van der Waals surface area (Å²) in [6.07, 6.45) is 0.694. The average molecular weight is 306 g/mol. The van der Waals surface area contributed by atoms with Gasteiger partial charge in [-0.3, -0.25) is 0 Å². The second kappa shape index (κ2) is 6.03. The molecule has 114 valence electrons. The summed E-state index contributed by atoms with van der Waals surface area (Å²) < 4.78 is 10.6. The van der Waals surface area contributed by atoms with E-state index in [1.54, 1.807) is 25.6 Å². The summed E-state index contributed by atoms with van der Waals surface area (Å²) in [5, 5.41) is 0.965. The van der Waals surface area contributed by atoms with Crippen LogP contribution in [0, 0.1) is 13.8 Å². The molecular weight excluding hydrogens is 284 g/mol. The fourth-order valence-corrected chi connectivity index (χ4v) is 3.18. The number of methoxy groups -OCH3 is 2. The summed E-state index contributed by atoms with van der Waals surface area (Å²) in [4.78, 5) is 5.81.